The average molecular weight is 453 g/mol. The van der Waals surface area contributed by atoms with Gasteiger partial charge in [0.1, 0.15) is 17.4 Å². The van der Waals surface area contributed by atoms with Crippen LogP contribution in [0.25, 0.3) is 5.76 Å². The predicted octanol–water partition coefficient (Wildman–Crippen LogP) is 4.61. The third-order valence-corrected chi connectivity index (χ3v) is 5.11. The number of Topliss-reactive ketones (excluding diaryl/α,β-unsaturated/α-hetero) is 1. The third-order valence-electron chi connectivity index (χ3n) is 4.64. The van der Waals surface area contributed by atoms with Crippen molar-refractivity contribution < 1.29 is 19.1 Å². The number of aliphatic hydroxyl groups excluding tert-OH is 1. The summed E-state index contributed by atoms with van der Waals surface area (Å²) in [7, 11) is 0. The molecular formula is C22H14BrFN2O3. The van der Waals surface area contributed by atoms with Crippen LogP contribution in [0, 0.1) is 5.82 Å². The molecule has 1 fully saturated rings. The van der Waals surface area contributed by atoms with Crippen LogP contribution >= 0.6 is 15.9 Å². The molecular weight excluding hydrogens is 439 g/mol. The summed E-state index contributed by atoms with van der Waals surface area (Å²) in [5.74, 6) is -2.14. The minimum Gasteiger partial charge on any atom is -0.507 e. The molecule has 5 nitrogen and oxygen atoms in total. The van der Waals surface area contributed by atoms with E-state index in [-0.39, 0.29) is 17.2 Å². The van der Waals surface area contributed by atoms with E-state index in [4.69, 9.17) is 0 Å². The molecule has 1 saturated heterocycles. The Morgan fingerprint density at radius 1 is 1.00 bits per heavy atom. The molecule has 7 heteroatoms. The number of aromatic nitrogens is 1. The number of halogens is 2. The molecule has 1 atom stereocenters. The van der Waals surface area contributed by atoms with Crippen LogP contribution in [-0.2, 0) is 9.59 Å². The van der Waals surface area contributed by atoms with Gasteiger partial charge in [-0.05, 0) is 45.8 Å². The Bertz CT molecular complexity index is 1110. The van der Waals surface area contributed by atoms with E-state index in [1.165, 1.54) is 35.4 Å². The number of pyridine rings is 1. The number of ketones is 1. The number of benzene rings is 2. The van der Waals surface area contributed by atoms with Crippen molar-refractivity contribution in [2.75, 3.05) is 4.90 Å². The SMILES string of the molecule is O=C1C(=O)N(c2ccc(Br)cn2)C(c2ccc(F)cc2)/C1=C(/O)c1ccccc1. The molecule has 1 aliphatic heterocycles. The number of hydrogen-bond donors (Lipinski definition) is 1. The molecule has 0 bridgehead atoms. The van der Waals surface area contributed by atoms with Crippen LogP contribution < -0.4 is 4.90 Å². The maximum atomic E-state index is 13.5. The number of amides is 1. The number of rotatable bonds is 3. The summed E-state index contributed by atoms with van der Waals surface area (Å²) < 4.78 is 14.2. The molecule has 2 heterocycles. The van der Waals surface area contributed by atoms with Crippen molar-refractivity contribution >= 4 is 39.2 Å². The topological polar surface area (TPSA) is 70.5 Å². The van der Waals surface area contributed by atoms with E-state index in [1.807, 2.05) is 0 Å². The molecule has 3 aromatic rings. The Morgan fingerprint density at radius 2 is 1.69 bits per heavy atom. The van der Waals surface area contributed by atoms with Gasteiger partial charge in [-0.1, -0.05) is 42.5 Å². The minimum atomic E-state index is -0.940. The summed E-state index contributed by atoms with van der Waals surface area (Å²) in [5, 5.41) is 10.9. The van der Waals surface area contributed by atoms with Crippen molar-refractivity contribution in [1.82, 2.24) is 4.98 Å². The second kappa shape index (κ2) is 7.60. The molecule has 0 spiro atoms. The number of aliphatic hydroxyl groups is 1. The summed E-state index contributed by atoms with van der Waals surface area (Å²) in [5.41, 5.74) is 0.812. The Kier molecular flexibility index (Phi) is 4.98. The van der Waals surface area contributed by atoms with E-state index in [1.54, 1.807) is 42.5 Å². The molecule has 2 aromatic carbocycles. The lowest BCUT2D eigenvalue weighted by Gasteiger charge is -2.24. The van der Waals surface area contributed by atoms with Gasteiger partial charge in [0.2, 0.25) is 0 Å². The fraction of sp³-hybridized carbons (Fsp3) is 0.0455. The van der Waals surface area contributed by atoms with Crippen molar-refractivity contribution in [2.24, 2.45) is 0 Å². The first-order valence-electron chi connectivity index (χ1n) is 8.71. The summed E-state index contributed by atoms with van der Waals surface area (Å²) in [6.07, 6.45) is 1.51. The quantitative estimate of drug-likeness (QED) is 0.357. The van der Waals surface area contributed by atoms with Crippen molar-refractivity contribution in [1.29, 1.82) is 0 Å². The monoisotopic (exact) mass is 452 g/mol. The smallest absolute Gasteiger partial charge is 0.301 e. The fourth-order valence-corrected chi connectivity index (χ4v) is 3.53. The number of carbonyl (C=O) groups excluding carboxylic acids is 2. The van der Waals surface area contributed by atoms with Crippen LogP contribution in [0.2, 0.25) is 0 Å². The predicted molar refractivity (Wildman–Crippen MR) is 110 cm³/mol. The largest absolute Gasteiger partial charge is 0.507 e. The van der Waals surface area contributed by atoms with E-state index in [0.717, 1.165) is 0 Å². The van der Waals surface area contributed by atoms with Crippen molar-refractivity contribution in [3.8, 4) is 0 Å². The number of carbonyl (C=O) groups is 2. The normalized spacial score (nSPS) is 18.3. The molecule has 29 heavy (non-hydrogen) atoms. The minimum absolute atomic E-state index is 0.0717. The van der Waals surface area contributed by atoms with E-state index in [0.29, 0.717) is 15.6 Å². The molecule has 0 saturated carbocycles. The summed E-state index contributed by atoms with van der Waals surface area (Å²) in [6, 6.07) is 16.3. The Hall–Kier alpha value is -3.32. The molecule has 1 amide bonds. The zero-order valence-corrected chi connectivity index (χ0v) is 16.5. The highest BCUT2D eigenvalue weighted by atomic mass is 79.9. The second-order valence-corrected chi connectivity index (χ2v) is 7.34. The Morgan fingerprint density at radius 3 is 2.31 bits per heavy atom. The van der Waals surface area contributed by atoms with Gasteiger partial charge < -0.3 is 5.11 Å². The van der Waals surface area contributed by atoms with Crippen LogP contribution in [0.4, 0.5) is 10.2 Å². The molecule has 0 radical (unpaired) electrons. The summed E-state index contributed by atoms with van der Waals surface area (Å²) in [4.78, 5) is 31.2. The highest BCUT2D eigenvalue weighted by Gasteiger charge is 2.47. The third kappa shape index (κ3) is 3.45. The van der Waals surface area contributed by atoms with E-state index in [9.17, 15) is 19.1 Å². The standard InChI is InChI=1S/C22H14BrFN2O3/c23-15-8-11-17(25-12-15)26-19(13-6-9-16(24)10-7-13)18(21(28)22(26)29)20(27)14-4-2-1-3-5-14/h1-12,19,27H/b20-18-. The number of anilines is 1. The first-order chi connectivity index (χ1) is 14.0. The average Bonchev–Trinajstić information content (AvgIpc) is 3.00. The van der Waals surface area contributed by atoms with Gasteiger partial charge in [-0.15, -0.1) is 0 Å². The first kappa shape index (κ1) is 19.0. The van der Waals surface area contributed by atoms with Crippen molar-refractivity contribution in [3.63, 3.8) is 0 Å². The summed E-state index contributed by atoms with van der Waals surface area (Å²) >= 11 is 3.29. The van der Waals surface area contributed by atoms with Gasteiger partial charge in [-0.25, -0.2) is 9.37 Å². The van der Waals surface area contributed by atoms with Crippen LogP contribution in [0.1, 0.15) is 17.2 Å². The fourth-order valence-electron chi connectivity index (χ4n) is 3.29. The van der Waals surface area contributed by atoms with Crippen LogP contribution in [-0.4, -0.2) is 21.8 Å². The lowest BCUT2D eigenvalue weighted by molar-refractivity contribution is -0.132. The molecule has 1 aromatic heterocycles. The highest BCUT2D eigenvalue weighted by molar-refractivity contribution is 9.10. The Labute approximate surface area is 174 Å². The summed E-state index contributed by atoms with van der Waals surface area (Å²) in [6.45, 7) is 0. The molecule has 1 aliphatic rings. The van der Waals surface area contributed by atoms with Crippen LogP contribution in [0.15, 0.2) is 83.0 Å². The van der Waals surface area contributed by atoms with E-state index >= 15 is 0 Å². The van der Waals surface area contributed by atoms with Gasteiger partial charge in [0.15, 0.2) is 0 Å². The zero-order valence-electron chi connectivity index (χ0n) is 14.9. The lowest BCUT2D eigenvalue weighted by Crippen LogP contribution is -2.30. The highest BCUT2D eigenvalue weighted by Crippen LogP contribution is 2.41. The van der Waals surface area contributed by atoms with Crippen molar-refractivity contribution in [3.05, 3.63) is 99.9 Å². The van der Waals surface area contributed by atoms with Gasteiger partial charge in [-0.3, -0.25) is 14.5 Å². The molecule has 1 N–H and O–H groups in total. The van der Waals surface area contributed by atoms with Crippen LogP contribution in [0.5, 0.6) is 0 Å². The number of hydrogen-bond acceptors (Lipinski definition) is 4. The van der Waals surface area contributed by atoms with E-state index < -0.39 is 23.5 Å². The zero-order chi connectivity index (χ0) is 20.5. The molecule has 4 rings (SSSR count). The van der Waals surface area contributed by atoms with Crippen molar-refractivity contribution in [2.45, 2.75) is 6.04 Å². The second-order valence-electron chi connectivity index (χ2n) is 6.42. The Balaban J connectivity index is 1.94. The molecule has 144 valence electrons. The van der Waals surface area contributed by atoms with Gasteiger partial charge in [0.05, 0.1) is 11.6 Å². The van der Waals surface area contributed by atoms with E-state index in [2.05, 4.69) is 20.9 Å². The van der Waals surface area contributed by atoms with Crippen LogP contribution in [0.3, 0.4) is 0 Å². The molecule has 1 unspecified atom stereocenters. The number of nitrogens with zero attached hydrogens (tertiary/aromatic N) is 2. The maximum Gasteiger partial charge on any atom is 0.301 e. The lowest BCUT2D eigenvalue weighted by atomic mass is 9.95. The molecule has 0 aliphatic carbocycles. The first-order valence-corrected chi connectivity index (χ1v) is 9.50. The maximum absolute atomic E-state index is 13.5. The van der Waals surface area contributed by atoms with Gasteiger partial charge in [0, 0.05) is 16.2 Å². The van der Waals surface area contributed by atoms with Gasteiger partial charge in [0.25, 0.3) is 5.78 Å². The van der Waals surface area contributed by atoms with Gasteiger partial charge >= 0.3 is 5.91 Å². The van der Waals surface area contributed by atoms with Gasteiger partial charge in [-0.2, -0.15) is 0 Å².